The van der Waals surface area contributed by atoms with E-state index in [0.717, 1.165) is 12.1 Å². The fourth-order valence-electron chi connectivity index (χ4n) is 2.88. The molecule has 0 unspecified atom stereocenters. The molecule has 1 aromatic carbocycles. The van der Waals surface area contributed by atoms with Crippen molar-refractivity contribution in [1.82, 2.24) is 9.38 Å². The van der Waals surface area contributed by atoms with Crippen LogP contribution >= 0.6 is 0 Å². The molecule has 1 N–H and O–H groups in total. The number of hydrogen-bond donors (Lipinski definition) is 1. The van der Waals surface area contributed by atoms with Crippen molar-refractivity contribution in [2.75, 3.05) is 5.32 Å². The third-order valence-electron chi connectivity index (χ3n) is 4.19. The van der Waals surface area contributed by atoms with Gasteiger partial charge in [0.05, 0.1) is 5.56 Å². The van der Waals surface area contributed by atoms with Crippen molar-refractivity contribution in [2.24, 2.45) is 4.99 Å². The smallest absolute Gasteiger partial charge is 0.323 e. The Hall–Kier alpha value is -3.16. The fourth-order valence-corrected chi connectivity index (χ4v) is 2.88. The van der Waals surface area contributed by atoms with E-state index in [1.54, 1.807) is 35.7 Å². The number of halogens is 3. The van der Waals surface area contributed by atoms with E-state index in [2.05, 4.69) is 15.3 Å². The van der Waals surface area contributed by atoms with Gasteiger partial charge in [0.25, 0.3) is 0 Å². The van der Waals surface area contributed by atoms with E-state index >= 15 is 0 Å². The second-order valence-corrected chi connectivity index (χ2v) is 5.96. The van der Waals surface area contributed by atoms with Crippen LogP contribution in [-0.2, 0) is 6.18 Å². The summed E-state index contributed by atoms with van der Waals surface area (Å²) in [6.45, 7) is 1.64. The number of Topliss-reactive ketones (excluding diaryl/α,β-unsaturated/α-hetero) is 1. The van der Waals surface area contributed by atoms with Crippen LogP contribution in [0.1, 0.15) is 28.5 Å². The molecule has 2 aromatic heterocycles. The molecule has 1 atom stereocenters. The number of nitrogens with zero attached hydrogens (tertiary/aromatic N) is 3. The van der Waals surface area contributed by atoms with Crippen LogP contribution in [0.15, 0.2) is 53.7 Å². The molecule has 0 radical (unpaired) electrons. The summed E-state index contributed by atoms with van der Waals surface area (Å²) in [7, 11) is 0. The molecule has 0 saturated carbocycles. The maximum Gasteiger partial charge on any atom is 0.416 e. The number of carbonyl (C=O) groups excluding carboxylic acids is 1. The van der Waals surface area contributed by atoms with Crippen LogP contribution in [0.4, 0.5) is 19.0 Å². The first-order chi connectivity index (χ1) is 12.3. The first kappa shape index (κ1) is 16.3. The number of ketones is 1. The average Bonchev–Trinajstić information content (AvgIpc) is 2.92. The highest BCUT2D eigenvalue weighted by atomic mass is 19.4. The lowest BCUT2D eigenvalue weighted by molar-refractivity contribution is -0.137. The van der Waals surface area contributed by atoms with Crippen molar-refractivity contribution < 1.29 is 18.0 Å². The van der Waals surface area contributed by atoms with E-state index in [9.17, 15) is 18.0 Å². The molecule has 1 aliphatic heterocycles. The molecule has 0 spiro atoms. The molecule has 0 aliphatic carbocycles. The number of anilines is 1. The highest BCUT2D eigenvalue weighted by Gasteiger charge is 2.31. The summed E-state index contributed by atoms with van der Waals surface area (Å²) in [4.78, 5) is 21.5. The largest absolute Gasteiger partial charge is 0.416 e. The zero-order valence-electron chi connectivity index (χ0n) is 13.6. The lowest BCUT2D eigenvalue weighted by Crippen LogP contribution is -2.17. The molecule has 26 heavy (non-hydrogen) atoms. The number of alkyl halides is 3. The summed E-state index contributed by atoms with van der Waals surface area (Å²) >= 11 is 0. The van der Waals surface area contributed by atoms with Gasteiger partial charge >= 0.3 is 6.18 Å². The van der Waals surface area contributed by atoms with Crippen LogP contribution in [0.5, 0.6) is 0 Å². The maximum absolute atomic E-state index is 12.8. The molecule has 8 heteroatoms. The molecule has 3 heterocycles. The van der Waals surface area contributed by atoms with E-state index in [-0.39, 0.29) is 5.78 Å². The van der Waals surface area contributed by atoms with E-state index in [0.29, 0.717) is 28.6 Å². The lowest BCUT2D eigenvalue weighted by atomic mass is 10.1. The third-order valence-corrected chi connectivity index (χ3v) is 4.19. The van der Waals surface area contributed by atoms with Gasteiger partial charge in [-0.1, -0.05) is 18.2 Å². The molecule has 4 rings (SSSR count). The van der Waals surface area contributed by atoms with Crippen molar-refractivity contribution in [3.05, 3.63) is 65.5 Å². The molecule has 3 aromatic rings. The van der Waals surface area contributed by atoms with Gasteiger partial charge in [-0.15, -0.1) is 0 Å². The van der Waals surface area contributed by atoms with Gasteiger partial charge in [0.2, 0.25) is 5.78 Å². The van der Waals surface area contributed by atoms with Crippen LogP contribution in [0.3, 0.4) is 0 Å². The second-order valence-electron chi connectivity index (χ2n) is 5.96. The molecule has 0 saturated heterocycles. The predicted molar refractivity (Wildman–Crippen MR) is 90.6 cm³/mol. The van der Waals surface area contributed by atoms with Gasteiger partial charge in [0.1, 0.15) is 23.2 Å². The van der Waals surface area contributed by atoms with Crippen molar-refractivity contribution in [2.45, 2.75) is 19.1 Å². The first-order valence-electron chi connectivity index (χ1n) is 7.88. The van der Waals surface area contributed by atoms with Gasteiger partial charge in [-0.2, -0.15) is 13.2 Å². The number of amidine groups is 1. The molecule has 132 valence electrons. The van der Waals surface area contributed by atoms with Gasteiger partial charge < -0.3 is 5.32 Å². The third kappa shape index (κ3) is 2.63. The monoisotopic (exact) mass is 358 g/mol. The number of aliphatic imine (C=N–C) groups is 1. The maximum atomic E-state index is 12.8. The Kier molecular flexibility index (Phi) is 3.57. The number of aromatic nitrogens is 2. The molecular weight excluding hydrogens is 345 g/mol. The molecular formula is C18H13F3N4O. The number of fused-ring (bicyclic) bond motifs is 3. The van der Waals surface area contributed by atoms with Gasteiger partial charge in [-0.25, -0.2) is 4.98 Å². The Morgan fingerprint density at radius 3 is 2.54 bits per heavy atom. The standard InChI is InChI=1S/C18H13F3N4O/c1-10-15(26)14-17(23-13-4-2-3-9-25(13)14)24-16(22-10)11-5-7-12(8-6-11)18(19,20)21/h2-10H,1H3,(H,22,24)/t10-/m0/s1. The summed E-state index contributed by atoms with van der Waals surface area (Å²) in [5, 5.41) is 3.00. The van der Waals surface area contributed by atoms with E-state index in [1.807, 2.05) is 0 Å². The Labute approximate surface area is 146 Å². The summed E-state index contributed by atoms with van der Waals surface area (Å²) in [6, 6.07) is 9.29. The first-order valence-corrected chi connectivity index (χ1v) is 7.88. The number of nitrogens with one attached hydrogen (secondary N) is 1. The number of benzene rings is 1. The summed E-state index contributed by atoms with van der Waals surface area (Å²) in [6.07, 6.45) is -2.67. The number of carbonyl (C=O) groups is 1. The molecule has 5 nitrogen and oxygen atoms in total. The molecule has 1 aliphatic rings. The summed E-state index contributed by atoms with van der Waals surface area (Å²) in [5.74, 6) is 0.430. The molecule has 0 amide bonds. The Bertz CT molecular complexity index is 1030. The van der Waals surface area contributed by atoms with Crippen LogP contribution in [0.25, 0.3) is 5.65 Å². The Morgan fingerprint density at radius 2 is 1.85 bits per heavy atom. The summed E-state index contributed by atoms with van der Waals surface area (Å²) < 4.78 is 39.9. The minimum Gasteiger partial charge on any atom is -0.323 e. The minimum atomic E-state index is -4.41. The number of hydrogen-bond acceptors (Lipinski definition) is 4. The fraction of sp³-hybridized carbons (Fsp3) is 0.167. The summed E-state index contributed by atoms with van der Waals surface area (Å²) in [5.41, 5.74) is 0.675. The SMILES string of the molecule is C[C@@H]1N=C(c2ccc(C(F)(F)F)cc2)Nc2nc3ccccn3c2C1=O. The van der Waals surface area contributed by atoms with E-state index in [4.69, 9.17) is 0 Å². The zero-order valence-corrected chi connectivity index (χ0v) is 13.6. The number of rotatable bonds is 1. The van der Waals surface area contributed by atoms with Crippen molar-refractivity contribution in [3.8, 4) is 0 Å². The minimum absolute atomic E-state index is 0.215. The Morgan fingerprint density at radius 1 is 1.12 bits per heavy atom. The van der Waals surface area contributed by atoms with Crippen LogP contribution in [0, 0.1) is 0 Å². The molecule has 0 bridgehead atoms. The Balaban J connectivity index is 1.79. The van der Waals surface area contributed by atoms with Crippen molar-refractivity contribution >= 4 is 23.1 Å². The second kappa shape index (κ2) is 5.69. The van der Waals surface area contributed by atoms with Crippen molar-refractivity contribution in [1.29, 1.82) is 0 Å². The van der Waals surface area contributed by atoms with E-state index in [1.165, 1.54) is 12.1 Å². The molecule has 0 fully saturated rings. The average molecular weight is 358 g/mol. The topological polar surface area (TPSA) is 58.8 Å². The predicted octanol–water partition coefficient (Wildman–Crippen LogP) is 3.80. The van der Waals surface area contributed by atoms with Crippen LogP contribution in [-0.4, -0.2) is 27.0 Å². The normalized spacial score (nSPS) is 17.5. The van der Waals surface area contributed by atoms with Crippen LogP contribution in [0.2, 0.25) is 0 Å². The van der Waals surface area contributed by atoms with Gasteiger partial charge in [0, 0.05) is 11.8 Å². The van der Waals surface area contributed by atoms with Crippen LogP contribution < -0.4 is 5.32 Å². The highest BCUT2D eigenvalue weighted by molar-refractivity contribution is 6.15. The quantitative estimate of drug-likeness (QED) is 0.720. The van der Waals surface area contributed by atoms with Gasteiger partial charge in [-0.3, -0.25) is 14.2 Å². The lowest BCUT2D eigenvalue weighted by Gasteiger charge is -2.10. The number of pyridine rings is 1. The highest BCUT2D eigenvalue weighted by Crippen LogP contribution is 2.30. The van der Waals surface area contributed by atoms with Crippen molar-refractivity contribution in [3.63, 3.8) is 0 Å². The van der Waals surface area contributed by atoms with Gasteiger partial charge in [0.15, 0.2) is 5.82 Å². The van der Waals surface area contributed by atoms with E-state index < -0.39 is 17.8 Å². The van der Waals surface area contributed by atoms with Gasteiger partial charge in [-0.05, 0) is 31.2 Å². The zero-order chi connectivity index (χ0) is 18.5. The number of imidazole rings is 1.